The summed E-state index contributed by atoms with van der Waals surface area (Å²) in [4.78, 5) is 3.69. The molecule has 0 saturated heterocycles. The van der Waals surface area contributed by atoms with E-state index in [1.54, 1.807) is 36.4 Å². The Labute approximate surface area is 152 Å². The van der Waals surface area contributed by atoms with Gasteiger partial charge in [0.1, 0.15) is 0 Å². The van der Waals surface area contributed by atoms with E-state index in [0.29, 0.717) is 11.6 Å². The van der Waals surface area contributed by atoms with Gasteiger partial charge in [-0.1, -0.05) is 48.0 Å². The van der Waals surface area contributed by atoms with Gasteiger partial charge in [-0.05, 0) is 17.5 Å². The Balaban J connectivity index is 1.87. The van der Waals surface area contributed by atoms with Crippen LogP contribution in [0.25, 0.3) is 10.8 Å². The zero-order valence-corrected chi connectivity index (χ0v) is 14.7. The van der Waals surface area contributed by atoms with Crippen molar-refractivity contribution >= 4 is 32.4 Å². The van der Waals surface area contributed by atoms with Crippen molar-refractivity contribution in [3.8, 4) is 0 Å². The predicted molar refractivity (Wildman–Crippen MR) is 92.2 cm³/mol. The van der Waals surface area contributed by atoms with Gasteiger partial charge in [0.2, 0.25) is 10.0 Å². The van der Waals surface area contributed by atoms with Gasteiger partial charge in [0.25, 0.3) is 0 Å². The van der Waals surface area contributed by atoms with Crippen LogP contribution in [0.3, 0.4) is 0 Å². The Morgan fingerprint density at radius 3 is 2.46 bits per heavy atom. The number of hydrogen-bond acceptors (Lipinski definition) is 3. The average molecular weight is 401 g/mol. The van der Waals surface area contributed by atoms with E-state index in [0.717, 1.165) is 11.5 Å². The number of nitrogens with one attached hydrogen (secondary N) is 1. The van der Waals surface area contributed by atoms with E-state index in [9.17, 15) is 21.6 Å². The summed E-state index contributed by atoms with van der Waals surface area (Å²) in [5.41, 5.74) is -0.994. The Morgan fingerprint density at radius 1 is 1.08 bits per heavy atom. The largest absolute Gasteiger partial charge is 0.417 e. The number of hydrogen-bond donors (Lipinski definition) is 1. The highest BCUT2D eigenvalue weighted by Crippen LogP contribution is 2.31. The van der Waals surface area contributed by atoms with Crippen LogP contribution in [-0.4, -0.2) is 13.4 Å². The number of fused-ring (bicyclic) bond motifs is 1. The molecule has 0 aliphatic heterocycles. The smallest absolute Gasteiger partial charge is 0.258 e. The first-order valence-electron chi connectivity index (χ1n) is 7.37. The van der Waals surface area contributed by atoms with Crippen LogP contribution in [0.4, 0.5) is 13.2 Å². The molecule has 0 saturated carbocycles. The third kappa shape index (κ3) is 3.82. The van der Waals surface area contributed by atoms with Gasteiger partial charge in [-0.25, -0.2) is 13.1 Å². The van der Waals surface area contributed by atoms with Crippen molar-refractivity contribution in [3.63, 3.8) is 0 Å². The topological polar surface area (TPSA) is 59.1 Å². The second-order valence-corrected chi connectivity index (χ2v) is 7.59. The Hall–Kier alpha value is -2.16. The van der Waals surface area contributed by atoms with Gasteiger partial charge in [0.05, 0.1) is 27.7 Å². The summed E-state index contributed by atoms with van der Waals surface area (Å²) >= 11 is 5.81. The summed E-state index contributed by atoms with van der Waals surface area (Å²) in [5.74, 6) is 0. The molecular formula is C17H12ClF3N2O2S. The van der Waals surface area contributed by atoms with Crippen LogP contribution in [0.1, 0.15) is 11.3 Å². The van der Waals surface area contributed by atoms with Crippen LogP contribution in [-0.2, 0) is 22.7 Å². The van der Waals surface area contributed by atoms with E-state index >= 15 is 0 Å². The molecule has 0 amide bonds. The number of halogens is 4. The molecule has 0 atom stereocenters. The van der Waals surface area contributed by atoms with E-state index in [2.05, 4.69) is 9.71 Å². The third-order valence-electron chi connectivity index (χ3n) is 3.71. The normalized spacial score (nSPS) is 12.5. The van der Waals surface area contributed by atoms with Crippen LogP contribution in [0.15, 0.2) is 59.6 Å². The van der Waals surface area contributed by atoms with Crippen LogP contribution in [0.5, 0.6) is 0 Å². The van der Waals surface area contributed by atoms with E-state index in [1.807, 2.05) is 0 Å². The monoisotopic (exact) mass is 400 g/mol. The van der Waals surface area contributed by atoms with Gasteiger partial charge < -0.3 is 0 Å². The SMILES string of the molecule is O=S(=O)(NCc1ncc(C(F)(F)F)cc1Cl)c1cccc2ccccc12. The standard InChI is InChI=1S/C17H12ClF3N2O2S/c18-14-8-12(17(19,20)21)9-22-15(14)10-23-26(24,25)16-7-3-5-11-4-1-2-6-13(11)16/h1-9,23H,10H2. The average Bonchev–Trinajstić information content (AvgIpc) is 2.59. The van der Waals surface area contributed by atoms with Crippen molar-refractivity contribution < 1.29 is 21.6 Å². The lowest BCUT2D eigenvalue weighted by Gasteiger charge is -2.11. The summed E-state index contributed by atoms with van der Waals surface area (Å²) in [6, 6.07) is 12.5. The van der Waals surface area contributed by atoms with E-state index in [-0.39, 0.29) is 22.2 Å². The minimum Gasteiger partial charge on any atom is -0.258 e. The Bertz CT molecular complexity index is 1060. The first kappa shape index (κ1) is 18.6. The lowest BCUT2D eigenvalue weighted by Crippen LogP contribution is -2.24. The highest BCUT2D eigenvalue weighted by atomic mass is 35.5. The Kier molecular flexibility index (Phi) is 4.92. The van der Waals surface area contributed by atoms with Crippen LogP contribution < -0.4 is 4.72 Å². The van der Waals surface area contributed by atoms with Crippen LogP contribution >= 0.6 is 11.6 Å². The molecule has 0 fully saturated rings. The van der Waals surface area contributed by atoms with Crippen LogP contribution in [0, 0.1) is 0 Å². The molecule has 2 aromatic carbocycles. The number of benzene rings is 2. The molecule has 0 aliphatic carbocycles. The fourth-order valence-corrected chi connectivity index (χ4v) is 3.87. The summed E-state index contributed by atoms with van der Waals surface area (Å²) in [6.45, 7) is -0.331. The molecule has 3 aromatic rings. The minimum absolute atomic E-state index is 0.00322. The first-order chi connectivity index (χ1) is 12.2. The number of rotatable bonds is 4. The molecule has 0 spiro atoms. The van der Waals surface area contributed by atoms with Gasteiger partial charge in [0.15, 0.2) is 0 Å². The van der Waals surface area contributed by atoms with Crippen molar-refractivity contribution in [1.82, 2.24) is 9.71 Å². The third-order valence-corrected chi connectivity index (χ3v) is 5.50. The summed E-state index contributed by atoms with van der Waals surface area (Å²) in [7, 11) is -3.91. The van der Waals surface area contributed by atoms with Crippen molar-refractivity contribution in [1.29, 1.82) is 0 Å². The number of sulfonamides is 1. The fraction of sp³-hybridized carbons (Fsp3) is 0.118. The summed E-state index contributed by atoms with van der Waals surface area (Å²) in [6.07, 6.45) is -3.95. The number of pyridine rings is 1. The number of alkyl halides is 3. The highest BCUT2D eigenvalue weighted by Gasteiger charge is 2.31. The molecule has 1 aromatic heterocycles. The molecule has 136 valence electrons. The molecular weight excluding hydrogens is 389 g/mol. The summed E-state index contributed by atoms with van der Waals surface area (Å²) in [5, 5.41) is 1.02. The van der Waals surface area contributed by atoms with Crippen molar-refractivity contribution in [2.45, 2.75) is 17.6 Å². The molecule has 0 aliphatic rings. The number of nitrogens with zero attached hydrogens (tertiary/aromatic N) is 1. The number of aromatic nitrogens is 1. The Morgan fingerprint density at radius 2 is 1.77 bits per heavy atom. The van der Waals surface area contributed by atoms with E-state index in [4.69, 9.17) is 11.6 Å². The molecule has 26 heavy (non-hydrogen) atoms. The fourth-order valence-electron chi connectivity index (χ4n) is 2.42. The van der Waals surface area contributed by atoms with Crippen molar-refractivity contribution in [3.05, 3.63) is 71.0 Å². The molecule has 0 bridgehead atoms. The molecule has 4 nitrogen and oxygen atoms in total. The predicted octanol–water partition coefficient (Wildman–Crippen LogP) is 4.39. The minimum atomic E-state index is -4.57. The molecule has 0 radical (unpaired) electrons. The van der Waals surface area contributed by atoms with Gasteiger partial charge >= 0.3 is 6.18 Å². The van der Waals surface area contributed by atoms with Gasteiger partial charge in [-0.2, -0.15) is 13.2 Å². The zero-order valence-electron chi connectivity index (χ0n) is 13.1. The quantitative estimate of drug-likeness (QED) is 0.706. The molecule has 9 heteroatoms. The van der Waals surface area contributed by atoms with Crippen LogP contribution in [0.2, 0.25) is 5.02 Å². The maximum Gasteiger partial charge on any atom is 0.417 e. The maximum absolute atomic E-state index is 12.6. The maximum atomic E-state index is 12.6. The van der Waals surface area contributed by atoms with Gasteiger partial charge in [-0.3, -0.25) is 4.98 Å². The van der Waals surface area contributed by atoms with E-state index in [1.165, 1.54) is 6.07 Å². The zero-order chi connectivity index (χ0) is 18.9. The second kappa shape index (κ2) is 6.86. The van der Waals surface area contributed by atoms with Gasteiger partial charge in [-0.15, -0.1) is 0 Å². The highest BCUT2D eigenvalue weighted by molar-refractivity contribution is 7.89. The van der Waals surface area contributed by atoms with Gasteiger partial charge in [0, 0.05) is 11.6 Å². The molecule has 1 N–H and O–H groups in total. The lowest BCUT2D eigenvalue weighted by atomic mass is 10.1. The lowest BCUT2D eigenvalue weighted by molar-refractivity contribution is -0.137. The van der Waals surface area contributed by atoms with Crippen molar-refractivity contribution in [2.75, 3.05) is 0 Å². The second-order valence-electron chi connectivity index (χ2n) is 5.45. The first-order valence-corrected chi connectivity index (χ1v) is 9.23. The van der Waals surface area contributed by atoms with E-state index < -0.39 is 21.8 Å². The van der Waals surface area contributed by atoms with Crippen molar-refractivity contribution in [2.24, 2.45) is 0 Å². The molecule has 1 heterocycles. The molecule has 3 rings (SSSR count). The molecule has 0 unspecified atom stereocenters. The summed E-state index contributed by atoms with van der Waals surface area (Å²) < 4.78 is 65.4.